The first-order valence-corrected chi connectivity index (χ1v) is 8.87. The molecule has 0 bridgehead atoms. The van der Waals surface area contributed by atoms with Crippen molar-refractivity contribution in [3.63, 3.8) is 0 Å². The Hall–Kier alpha value is -2.33. The summed E-state index contributed by atoms with van der Waals surface area (Å²) in [7, 11) is 0. The molecule has 3 heterocycles. The number of pyridine rings is 1. The third-order valence-electron chi connectivity index (χ3n) is 4.73. The van der Waals surface area contributed by atoms with Crippen molar-refractivity contribution in [1.29, 1.82) is 5.26 Å². The molecule has 0 saturated carbocycles. The van der Waals surface area contributed by atoms with Gasteiger partial charge in [0.05, 0.1) is 17.8 Å². The lowest BCUT2D eigenvalue weighted by molar-refractivity contribution is -0.0548. The van der Waals surface area contributed by atoms with Gasteiger partial charge in [0.2, 0.25) is 0 Å². The third-order valence-corrected chi connectivity index (χ3v) is 4.73. The quantitative estimate of drug-likeness (QED) is 0.884. The van der Waals surface area contributed by atoms with Gasteiger partial charge in [-0.25, -0.2) is 9.78 Å². The molecule has 2 aliphatic rings. The van der Waals surface area contributed by atoms with E-state index in [1.807, 2.05) is 24.8 Å². The number of nitrogens with zero attached hydrogens (tertiary/aromatic N) is 4. The second-order valence-electron chi connectivity index (χ2n) is 6.89. The maximum atomic E-state index is 12.5. The van der Waals surface area contributed by atoms with Gasteiger partial charge in [-0.1, -0.05) is 0 Å². The van der Waals surface area contributed by atoms with Crippen molar-refractivity contribution >= 4 is 11.8 Å². The van der Waals surface area contributed by atoms with Crippen molar-refractivity contribution in [3.8, 4) is 6.07 Å². The van der Waals surface area contributed by atoms with E-state index in [0.717, 1.165) is 31.7 Å². The maximum absolute atomic E-state index is 12.5. The maximum Gasteiger partial charge on any atom is 0.317 e. The van der Waals surface area contributed by atoms with Gasteiger partial charge < -0.3 is 19.9 Å². The summed E-state index contributed by atoms with van der Waals surface area (Å²) in [6.45, 7) is 6.98. The van der Waals surface area contributed by atoms with Gasteiger partial charge in [0.1, 0.15) is 11.9 Å². The van der Waals surface area contributed by atoms with E-state index in [4.69, 9.17) is 10.00 Å². The SMILES string of the molecule is C[C@@H]1CN(C(=O)NC2CCN(c3ccc(C#N)cn3)CC2)C[C@@H](C)O1. The zero-order valence-electron chi connectivity index (χ0n) is 14.8. The molecule has 25 heavy (non-hydrogen) atoms. The Morgan fingerprint density at radius 1 is 1.28 bits per heavy atom. The van der Waals surface area contributed by atoms with Crippen LogP contribution in [0.25, 0.3) is 0 Å². The summed E-state index contributed by atoms with van der Waals surface area (Å²) in [6.07, 6.45) is 3.55. The summed E-state index contributed by atoms with van der Waals surface area (Å²) in [5.41, 5.74) is 0.569. The number of carbonyl (C=O) groups excluding carboxylic acids is 1. The van der Waals surface area contributed by atoms with Crippen LogP contribution in [0.5, 0.6) is 0 Å². The highest BCUT2D eigenvalue weighted by Gasteiger charge is 2.28. The number of hydrogen-bond acceptors (Lipinski definition) is 5. The molecule has 1 aromatic heterocycles. The normalized spacial score (nSPS) is 24.7. The van der Waals surface area contributed by atoms with E-state index in [0.29, 0.717) is 18.7 Å². The number of anilines is 1. The van der Waals surface area contributed by atoms with Crippen molar-refractivity contribution in [2.24, 2.45) is 0 Å². The highest BCUT2D eigenvalue weighted by molar-refractivity contribution is 5.74. The van der Waals surface area contributed by atoms with E-state index in [1.54, 1.807) is 12.3 Å². The molecule has 7 nitrogen and oxygen atoms in total. The van der Waals surface area contributed by atoms with Gasteiger partial charge in [0.25, 0.3) is 0 Å². The van der Waals surface area contributed by atoms with Gasteiger partial charge >= 0.3 is 6.03 Å². The molecule has 0 radical (unpaired) electrons. The van der Waals surface area contributed by atoms with Gasteiger partial charge in [0.15, 0.2) is 0 Å². The summed E-state index contributed by atoms with van der Waals surface area (Å²) in [5.74, 6) is 0.889. The fourth-order valence-electron chi connectivity index (χ4n) is 3.50. The van der Waals surface area contributed by atoms with Gasteiger partial charge in [-0.2, -0.15) is 5.26 Å². The van der Waals surface area contributed by atoms with Crippen molar-refractivity contribution in [2.45, 2.75) is 44.9 Å². The topological polar surface area (TPSA) is 81.5 Å². The van der Waals surface area contributed by atoms with Gasteiger partial charge in [-0.3, -0.25) is 0 Å². The average molecular weight is 343 g/mol. The lowest BCUT2D eigenvalue weighted by atomic mass is 10.1. The zero-order chi connectivity index (χ0) is 17.8. The molecule has 2 saturated heterocycles. The number of nitriles is 1. The molecular formula is C18H25N5O2. The van der Waals surface area contributed by atoms with Crippen LogP contribution in [0.1, 0.15) is 32.3 Å². The molecule has 3 rings (SSSR count). The summed E-state index contributed by atoms with van der Waals surface area (Å²) in [6, 6.07) is 5.95. The van der Waals surface area contributed by atoms with Crippen LogP contribution < -0.4 is 10.2 Å². The monoisotopic (exact) mass is 343 g/mol. The minimum atomic E-state index is 0.0111. The van der Waals surface area contributed by atoms with Crippen LogP contribution in [0, 0.1) is 11.3 Å². The standard InChI is InChI=1S/C18H25N5O2/c1-13-11-23(12-14(2)25-13)18(24)21-16-5-7-22(8-6-16)17-4-3-15(9-19)10-20-17/h3-4,10,13-14,16H,5-8,11-12H2,1-2H3,(H,21,24)/t13-,14-/m1/s1. The van der Waals surface area contributed by atoms with E-state index in [2.05, 4.69) is 21.3 Å². The number of nitrogens with one attached hydrogen (secondary N) is 1. The van der Waals surface area contributed by atoms with Crippen molar-refractivity contribution in [3.05, 3.63) is 23.9 Å². The smallest absolute Gasteiger partial charge is 0.317 e. The van der Waals surface area contributed by atoms with Crippen LogP contribution in [0.2, 0.25) is 0 Å². The minimum absolute atomic E-state index is 0.0111. The first-order valence-electron chi connectivity index (χ1n) is 8.87. The Balaban J connectivity index is 1.48. The molecule has 7 heteroatoms. The summed E-state index contributed by atoms with van der Waals surface area (Å²) < 4.78 is 5.68. The molecular weight excluding hydrogens is 318 g/mol. The van der Waals surface area contributed by atoms with E-state index >= 15 is 0 Å². The predicted molar refractivity (Wildman–Crippen MR) is 94.3 cm³/mol. The molecule has 0 unspecified atom stereocenters. The number of urea groups is 1. The average Bonchev–Trinajstić information content (AvgIpc) is 2.61. The molecule has 134 valence electrons. The first-order chi connectivity index (χ1) is 12.0. The molecule has 1 aromatic rings. The van der Waals surface area contributed by atoms with E-state index in [9.17, 15) is 4.79 Å². The Morgan fingerprint density at radius 3 is 2.52 bits per heavy atom. The number of ether oxygens (including phenoxy) is 1. The Morgan fingerprint density at radius 2 is 1.96 bits per heavy atom. The second kappa shape index (κ2) is 7.70. The lowest BCUT2D eigenvalue weighted by Crippen LogP contribution is -2.55. The predicted octanol–water partition coefficient (Wildman–Crippen LogP) is 1.74. The second-order valence-corrected chi connectivity index (χ2v) is 6.89. The van der Waals surface area contributed by atoms with Crippen LogP contribution in [-0.2, 0) is 4.74 Å². The number of piperidine rings is 1. The van der Waals surface area contributed by atoms with Crippen LogP contribution in [-0.4, -0.2) is 60.3 Å². The molecule has 0 aromatic carbocycles. The summed E-state index contributed by atoms with van der Waals surface area (Å²) >= 11 is 0. The first kappa shape index (κ1) is 17.5. The lowest BCUT2D eigenvalue weighted by Gasteiger charge is -2.38. The van der Waals surface area contributed by atoms with Crippen molar-refractivity contribution < 1.29 is 9.53 Å². The Bertz CT molecular complexity index is 624. The highest BCUT2D eigenvalue weighted by atomic mass is 16.5. The third kappa shape index (κ3) is 4.40. The van der Waals surface area contributed by atoms with Crippen molar-refractivity contribution in [2.75, 3.05) is 31.1 Å². The van der Waals surface area contributed by atoms with Gasteiger partial charge in [-0.05, 0) is 38.8 Å². The Kier molecular flexibility index (Phi) is 5.39. The van der Waals surface area contributed by atoms with Crippen molar-refractivity contribution in [1.82, 2.24) is 15.2 Å². The minimum Gasteiger partial charge on any atom is -0.372 e. The molecule has 1 N–H and O–H groups in total. The van der Waals surface area contributed by atoms with Gasteiger partial charge in [-0.15, -0.1) is 0 Å². The molecule has 2 aliphatic heterocycles. The van der Waals surface area contributed by atoms with Crippen LogP contribution in [0.3, 0.4) is 0 Å². The van der Waals surface area contributed by atoms with E-state index in [-0.39, 0.29) is 24.3 Å². The zero-order valence-corrected chi connectivity index (χ0v) is 14.8. The largest absolute Gasteiger partial charge is 0.372 e. The molecule has 0 aliphatic carbocycles. The number of hydrogen-bond donors (Lipinski definition) is 1. The number of rotatable bonds is 2. The fourth-order valence-corrected chi connectivity index (χ4v) is 3.50. The molecule has 2 amide bonds. The number of morpholine rings is 1. The highest BCUT2D eigenvalue weighted by Crippen LogP contribution is 2.19. The fraction of sp³-hybridized carbons (Fsp3) is 0.611. The Labute approximate surface area is 148 Å². The van der Waals surface area contributed by atoms with Crippen LogP contribution in [0.15, 0.2) is 18.3 Å². The molecule has 2 fully saturated rings. The number of amides is 2. The molecule has 0 spiro atoms. The van der Waals surface area contributed by atoms with E-state index in [1.165, 1.54) is 0 Å². The number of aromatic nitrogens is 1. The molecule has 2 atom stereocenters. The number of carbonyl (C=O) groups is 1. The van der Waals surface area contributed by atoms with Crippen LogP contribution in [0.4, 0.5) is 10.6 Å². The van der Waals surface area contributed by atoms with Crippen LogP contribution >= 0.6 is 0 Å². The summed E-state index contributed by atoms with van der Waals surface area (Å²) in [4.78, 5) is 20.9. The van der Waals surface area contributed by atoms with E-state index < -0.39 is 0 Å². The summed E-state index contributed by atoms with van der Waals surface area (Å²) in [5, 5.41) is 12.0. The van der Waals surface area contributed by atoms with Gasteiger partial charge in [0, 0.05) is 38.4 Å².